The van der Waals surface area contributed by atoms with Crippen molar-refractivity contribution in [2.24, 2.45) is 0 Å². The van der Waals surface area contributed by atoms with E-state index in [1.54, 1.807) is 18.1 Å². The van der Waals surface area contributed by atoms with E-state index in [4.69, 9.17) is 4.74 Å². The first-order chi connectivity index (χ1) is 16.1. The molecule has 3 aromatic rings. The van der Waals surface area contributed by atoms with Crippen LogP contribution >= 0.6 is 0 Å². The molecular weight excluding hydrogens is 414 g/mol. The number of amides is 2. The van der Waals surface area contributed by atoms with Gasteiger partial charge in [0.2, 0.25) is 0 Å². The van der Waals surface area contributed by atoms with Crippen molar-refractivity contribution < 1.29 is 14.3 Å². The molecule has 168 valence electrons. The minimum Gasteiger partial charge on any atom is -0.497 e. The van der Waals surface area contributed by atoms with Crippen molar-refractivity contribution in [1.82, 2.24) is 4.90 Å². The largest absolute Gasteiger partial charge is 0.497 e. The summed E-state index contributed by atoms with van der Waals surface area (Å²) in [4.78, 5) is 30.5. The zero-order valence-corrected chi connectivity index (χ0v) is 18.7. The number of hydrogen-bond donors (Lipinski definition) is 1. The molecule has 3 aromatic carbocycles. The molecule has 2 aliphatic heterocycles. The lowest BCUT2D eigenvalue weighted by atomic mass is 10.0. The normalized spacial score (nSPS) is 15.5. The molecule has 2 aliphatic rings. The van der Waals surface area contributed by atoms with Crippen molar-refractivity contribution in [3.8, 4) is 5.75 Å². The van der Waals surface area contributed by atoms with E-state index in [1.165, 1.54) is 18.4 Å². The highest BCUT2D eigenvalue weighted by Crippen LogP contribution is 2.31. The Labute approximate surface area is 193 Å². The predicted octanol–water partition coefficient (Wildman–Crippen LogP) is 4.70. The van der Waals surface area contributed by atoms with Crippen LogP contribution in [-0.4, -0.2) is 36.9 Å². The highest BCUT2D eigenvalue weighted by Gasteiger charge is 2.32. The average molecular weight is 442 g/mol. The lowest BCUT2D eigenvalue weighted by molar-refractivity contribution is 0.0976. The zero-order chi connectivity index (χ0) is 22.8. The second-order valence-corrected chi connectivity index (χ2v) is 8.56. The van der Waals surface area contributed by atoms with Gasteiger partial charge in [0.15, 0.2) is 0 Å². The van der Waals surface area contributed by atoms with Gasteiger partial charge in [0.05, 0.1) is 24.8 Å². The molecule has 2 heterocycles. The zero-order valence-electron chi connectivity index (χ0n) is 18.7. The fourth-order valence-electron chi connectivity index (χ4n) is 4.61. The van der Waals surface area contributed by atoms with Crippen LogP contribution in [0.4, 0.5) is 11.4 Å². The predicted molar refractivity (Wildman–Crippen MR) is 129 cm³/mol. The first-order valence-corrected chi connectivity index (χ1v) is 11.3. The van der Waals surface area contributed by atoms with Gasteiger partial charge in [-0.15, -0.1) is 0 Å². The number of ether oxygens (including phenoxy) is 1. The van der Waals surface area contributed by atoms with Gasteiger partial charge in [0.1, 0.15) is 5.75 Å². The van der Waals surface area contributed by atoms with E-state index in [0.717, 1.165) is 42.3 Å². The van der Waals surface area contributed by atoms with Gasteiger partial charge < -0.3 is 15.0 Å². The van der Waals surface area contributed by atoms with Crippen LogP contribution in [0.3, 0.4) is 0 Å². The molecule has 0 aromatic heterocycles. The third-order valence-corrected chi connectivity index (χ3v) is 6.38. The Hall–Kier alpha value is -3.64. The number of fused-ring (bicyclic) bond motifs is 1. The number of benzene rings is 3. The summed E-state index contributed by atoms with van der Waals surface area (Å²) in [5, 5.41) is 2.96. The minimum absolute atomic E-state index is 0.165. The summed E-state index contributed by atoms with van der Waals surface area (Å²) in [5.74, 6) is 0.292. The Morgan fingerprint density at radius 2 is 1.70 bits per heavy atom. The minimum atomic E-state index is -0.274. The molecule has 0 unspecified atom stereocenters. The maximum absolute atomic E-state index is 13.2. The van der Waals surface area contributed by atoms with Gasteiger partial charge >= 0.3 is 0 Å². The third kappa shape index (κ3) is 4.34. The van der Waals surface area contributed by atoms with Crippen LogP contribution in [0.1, 0.15) is 44.7 Å². The van der Waals surface area contributed by atoms with Crippen molar-refractivity contribution in [1.29, 1.82) is 0 Å². The van der Waals surface area contributed by atoms with Crippen molar-refractivity contribution >= 4 is 23.2 Å². The van der Waals surface area contributed by atoms with Crippen LogP contribution in [0, 0.1) is 0 Å². The number of hydrogen-bond acceptors (Lipinski definition) is 4. The fraction of sp³-hybridized carbons (Fsp3) is 0.259. The Morgan fingerprint density at radius 3 is 2.39 bits per heavy atom. The summed E-state index contributed by atoms with van der Waals surface area (Å²) in [7, 11) is 1.61. The summed E-state index contributed by atoms with van der Waals surface area (Å²) < 4.78 is 5.21. The number of likely N-dealkylation sites (tertiary alicyclic amines) is 1. The molecule has 0 saturated carbocycles. The van der Waals surface area contributed by atoms with E-state index in [1.807, 2.05) is 48.5 Å². The van der Waals surface area contributed by atoms with E-state index in [2.05, 4.69) is 22.3 Å². The van der Waals surface area contributed by atoms with E-state index in [9.17, 15) is 9.59 Å². The summed E-state index contributed by atoms with van der Waals surface area (Å²) in [6, 6.07) is 20.8. The Balaban J connectivity index is 1.31. The van der Waals surface area contributed by atoms with Crippen LogP contribution in [0.2, 0.25) is 0 Å². The Morgan fingerprint density at radius 1 is 0.970 bits per heavy atom. The second kappa shape index (κ2) is 9.08. The number of nitrogens with one attached hydrogen (secondary N) is 1. The van der Waals surface area contributed by atoms with Crippen LogP contribution < -0.4 is 15.0 Å². The molecule has 0 bridgehead atoms. The van der Waals surface area contributed by atoms with Crippen molar-refractivity contribution in [2.45, 2.75) is 25.9 Å². The lowest BCUT2D eigenvalue weighted by Gasteiger charge is -2.16. The van der Waals surface area contributed by atoms with Gasteiger partial charge in [-0.05, 0) is 79.5 Å². The van der Waals surface area contributed by atoms with Crippen LogP contribution in [-0.2, 0) is 13.1 Å². The smallest absolute Gasteiger partial charge is 0.259 e. The van der Waals surface area contributed by atoms with Crippen LogP contribution in [0.25, 0.3) is 0 Å². The van der Waals surface area contributed by atoms with E-state index < -0.39 is 0 Å². The monoisotopic (exact) mass is 441 g/mol. The average Bonchev–Trinajstić information content (AvgIpc) is 3.48. The molecule has 6 nitrogen and oxygen atoms in total. The molecule has 6 heteroatoms. The quantitative estimate of drug-likeness (QED) is 0.602. The van der Waals surface area contributed by atoms with Gasteiger partial charge in [-0.1, -0.05) is 24.3 Å². The summed E-state index contributed by atoms with van der Waals surface area (Å²) >= 11 is 0. The first kappa shape index (κ1) is 21.2. The number of carbonyl (C=O) groups is 2. The molecule has 0 spiro atoms. The number of methoxy groups -OCH3 is 1. The molecule has 5 rings (SSSR count). The maximum Gasteiger partial charge on any atom is 0.259 e. The van der Waals surface area contributed by atoms with Gasteiger partial charge in [-0.3, -0.25) is 14.5 Å². The van der Waals surface area contributed by atoms with Crippen LogP contribution in [0.5, 0.6) is 5.75 Å². The summed E-state index contributed by atoms with van der Waals surface area (Å²) in [6.07, 6.45) is 2.54. The first-order valence-electron chi connectivity index (χ1n) is 11.3. The van der Waals surface area contributed by atoms with Gasteiger partial charge in [0.25, 0.3) is 11.8 Å². The highest BCUT2D eigenvalue weighted by atomic mass is 16.5. The maximum atomic E-state index is 13.2. The summed E-state index contributed by atoms with van der Waals surface area (Å²) in [5.41, 5.74) is 4.45. The molecule has 0 aliphatic carbocycles. The number of anilines is 2. The molecular formula is C27H27N3O3. The Kier molecular flexibility index (Phi) is 5.84. The highest BCUT2D eigenvalue weighted by molar-refractivity contribution is 6.18. The number of nitrogens with zero attached hydrogens (tertiary/aromatic N) is 2. The molecule has 33 heavy (non-hydrogen) atoms. The fourth-order valence-corrected chi connectivity index (χ4v) is 4.61. The molecule has 0 atom stereocenters. The topological polar surface area (TPSA) is 61.9 Å². The van der Waals surface area contributed by atoms with Crippen molar-refractivity contribution in [2.75, 3.05) is 30.4 Å². The lowest BCUT2D eigenvalue weighted by Crippen LogP contribution is -2.24. The standard InChI is InChI=1S/C27H27N3O3/c1-33-23-13-11-22(12-14-23)30-18-20-5-4-6-24(25(20)27(30)32)26(31)28-21-9-7-19(8-10-21)17-29-15-2-3-16-29/h4-14H,2-3,15-18H2,1H3,(H,28,31). The summed E-state index contributed by atoms with van der Waals surface area (Å²) in [6.45, 7) is 3.68. The molecule has 2 amide bonds. The van der Waals surface area contributed by atoms with Crippen molar-refractivity contribution in [3.63, 3.8) is 0 Å². The molecule has 0 radical (unpaired) electrons. The third-order valence-electron chi connectivity index (χ3n) is 6.38. The molecule has 1 N–H and O–H groups in total. The van der Waals surface area contributed by atoms with E-state index in [-0.39, 0.29) is 11.8 Å². The number of rotatable bonds is 6. The van der Waals surface area contributed by atoms with Gasteiger partial charge in [-0.25, -0.2) is 0 Å². The molecule has 1 saturated heterocycles. The van der Waals surface area contributed by atoms with Crippen molar-refractivity contribution in [3.05, 3.63) is 89.0 Å². The van der Waals surface area contributed by atoms with E-state index in [0.29, 0.717) is 17.7 Å². The van der Waals surface area contributed by atoms with E-state index >= 15 is 0 Å². The molecule has 1 fully saturated rings. The van der Waals surface area contributed by atoms with Gasteiger partial charge in [-0.2, -0.15) is 0 Å². The van der Waals surface area contributed by atoms with Gasteiger partial charge in [0, 0.05) is 17.9 Å². The van der Waals surface area contributed by atoms with Crippen LogP contribution in [0.15, 0.2) is 66.7 Å². The number of carbonyl (C=O) groups excluding carboxylic acids is 2. The SMILES string of the molecule is COc1ccc(N2Cc3cccc(C(=O)Nc4ccc(CN5CCCC5)cc4)c3C2=O)cc1. The Bertz CT molecular complexity index is 1170. The second-order valence-electron chi connectivity index (χ2n) is 8.56.